The number of halogens is 1. The van der Waals surface area contributed by atoms with E-state index in [0.717, 1.165) is 35.8 Å². The average Bonchev–Trinajstić information content (AvgIpc) is 2.54. The first-order valence-corrected chi connectivity index (χ1v) is 9.38. The maximum absolute atomic E-state index is 6.19. The zero-order chi connectivity index (χ0) is 16.8. The van der Waals surface area contributed by atoms with E-state index >= 15 is 0 Å². The van der Waals surface area contributed by atoms with Gasteiger partial charge in [0.2, 0.25) is 0 Å². The molecule has 128 valence electrons. The van der Waals surface area contributed by atoms with E-state index < -0.39 is 0 Å². The standard InChI is InChI=1S/C18H28ClN3S/c1-14(2)8-11-21(3)15-9-12-22(13-10-15)18(23)20-17-7-5-4-6-16(17)19/h4-7,14-15H,8-13H2,1-3H3,(H,20,23)/p+1. The molecule has 1 aliphatic rings. The second-order valence-electron chi connectivity index (χ2n) is 6.95. The summed E-state index contributed by atoms with van der Waals surface area (Å²) in [4.78, 5) is 3.94. The van der Waals surface area contributed by atoms with Crippen molar-refractivity contribution in [3.63, 3.8) is 0 Å². The number of hydrogen-bond acceptors (Lipinski definition) is 1. The number of anilines is 1. The number of hydrogen-bond donors (Lipinski definition) is 2. The van der Waals surface area contributed by atoms with Gasteiger partial charge in [0.25, 0.3) is 0 Å². The Bertz CT molecular complexity index is 513. The summed E-state index contributed by atoms with van der Waals surface area (Å²) in [5.74, 6) is 0.789. The topological polar surface area (TPSA) is 19.7 Å². The fourth-order valence-corrected chi connectivity index (χ4v) is 3.53. The van der Waals surface area contributed by atoms with Crippen LogP contribution < -0.4 is 10.2 Å². The number of quaternary nitrogens is 1. The highest BCUT2D eigenvalue weighted by Gasteiger charge is 2.26. The number of nitrogens with zero attached hydrogens (tertiary/aromatic N) is 1. The molecule has 2 N–H and O–H groups in total. The van der Waals surface area contributed by atoms with Crippen LogP contribution in [0.2, 0.25) is 5.02 Å². The van der Waals surface area contributed by atoms with Gasteiger partial charge in [-0.2, -0.15) is 0 Å². The molecule has 1 saturated heterocycles. The van der Waals surface area contributed by atoms with Gasteiger partial charge in [0, 0.05) is 25.9 Å². The van der Waals surface area contributed by atoms with Gasteiger partial charge in [-0.05, 0) is 36.7 Å². The Morgan fingerprint density at radius 1 is 1.35 bits per heavy atom. The molecule has 2 rings (SSSR count). The molecule has 3 nitrogen and oxygen atoms in total. The van der Waals surface area contributed by atoms with Gasteiger partial charge in [-0.15, -0.1) is 0 Å². The Kier molecular flexibility index (Phi) is 7.12. The van der Waals surface area contributed by atoms with Gasteiger partial charge in [0.05, 0.1) is 30.3 Å². The predicted octanol–water partition coefficient (Wildman–Crippen LogP) is 3.06. The molecule has 1 fully saturated rings. The lowest BCUT2D eigenvalue weighted by Crippen LogP contribution is -3.13. The van der Waals surface area contributed by atoms with Crippen LogP contribution in [0.5, 0.6) is 0 Å². The number of para-hydroxylation sites is 1. The maximum Gasteiger partial charge on any atom is 0.173 e. The Morgan fingerprint density at radius 3 is 2.61 bits per heavy atom. The normalized spacial score (nSPS) is 17.3. The molecule has 0 amide bonds. The lowest BCUT2D eigenvalue weighted by atomic mass is 10.0. The van der Waals surface area contributed by atoms with Crippen LogP contribution in [0.1, 0.15) is 33.1 Å². The van der Waals surface area contributed by atoms with Crippen molar-refractivity contribution in [2.24, 2.45) is 5.92 Å². The van der Waals surface area contributed by atoms with E-state index in [1.165, 1.54) is 25.8 Å². The molecule has 23 heavy (non-hydrogen) atoms. The van der Waals surface area contributed by atoms with E-state index in [1.54, 1.807) is 4.90 Å². The van der Waals surface area contributed by atoms with Gasteiger partial charge in [-0.1, -0.05) is 37.6 Å². The Morgan fingerprint density at radius 2 is 2.00 bits per heavy atom. The molecule has 1 aromatic carbocycles. The molecule has 1 unspecified atom stereocenters. The Hall–Kier alpha value is -0.840. The largest absolute Gasteiger partial charge is 0.349 e. The molecule has 0 spiro atoms. The van der Waals surface area contributed by atoms with Gasteiger partial charge in [0.1, 0.15) is 0 Å². The van der Waals surface area contributed by atoms with Gasteiger partial charge in [-0.3, -0.25) is 0 Å². The second kappa shape index (κ2) is 8.86. The predicted molar refractivity (Wildman–Crippen MR) is 103 cm³/mol. The first-order valence-electron chi connectivity index (χ1n) is 8.60. The third kappa shape index (κ3) is 5.63. The maximum atomic E-state index is 6.19. The fraction of sp³-hybridized carbons (Fsp3) is 0.611. The summed E-state index contributed by atoms with van der Waals surface area (Å²) in [6.45, 7) is 7.92. The summed E-state index contributed by atoms with van der Waals surface area (Å²) < 4.78 is 0. The molecule has 1 aliphatic heterocycles. The number of piperidine rings is 1. The summed E-state index contributed by atoms with van der Waals surface area (Å²) >= 11 is 11.7. The number of benzene rings is 1. The van der Waals surface area contributed by atoms with Crippen molar-refractivity contribution in [1.29, 1.82) is 0 Å². The van der Waals surface area contributed by atoms with Gasteiger partial charge >= 0.3 is 0 Å². The highest BCUT2D eigenvalue weighted by molar-refractivity contribution is 7.80. The highest BCUT2D eigenvalue weighted by Crippen LogP contribution is 2.21. The van der Waals surface area contributed by atoms with Crippen LogP contribution in [0.15, 0.2) is 24.3 Å². The minimum Gasteiger partial charge on any atom is -0.349 e. The third-order valence-electron chi connectivity index (χ3n) is 4.71. The van der Waals surface area contributed by atoms with Gasteiger partial charge in [-0.25, -0.2) is 0 Å². The zero-order valence-corrected chi connectivity index (χ0v) is 16.0. The molecule has 1 atom stereocenters. The van der Waals surface area contributed by atoms with Crippen molar-refractivity contribution in [3.05, 3.63) is 29.3 Å². The lowest BCUT2D eigenvalue weighted by Gasteiger charge is -2.36. The van der Waals surface area contributed by atoms with E-state index in [-0.39, 0.29) is 0 Å². The average molecular weight is 355 g/mol. The van der Waals surface area contributed by atoms with E-state index in [9.17, 15) is 0 Å². The quantitative estimate of drug-likeness (QED) is 0.793. The van der Waals surface area contributed by atoms with Crippen LogP contribution >= 0.6 is 23.8 Å². The summed E-state index contributed by atoms with van der Waals surface area (Å²) in [6, 6.07) is 8.50. The third-order valence-corrected chi connectivity index (χ3v) is 5.40. The van der Waals surface area contributed by atoms with E-state index in [0.29, 0.717) is 5.02 Å². The van der Waals surface area contributed by atoms with Crippen LogP contribution in [0, 0.1) is 5.92 Å². The monoisotopic (exact) mass is 354 g/mol. The molecule has 0 aromatic heterocycles. The van der Waals surface area contributed by atoms with Crippen molar-refractivity contribution in [2.75, 3.05) is 32.0 Å². The molecule has 0 radical (unpaired) electrons. The van der Waals surface area contributed by atoms with Crippen LogP contribution in [0.4, 0.5) is 5.69 Å². The summed E-state index contributed by atoms with van der Waals surface area (Å²) in [5.41, 5.74) is 0.890. The zero-order valence-electron chi connectivity index (χ0n) is 14.4. The van der Waals surface area contributed by atoms with E-state index in [1.807, 2.05) is 24.3 Å². The molecule has 1 aromatic rings. The number of thiocarbonyl (C=S) groups is 1. The van der Waals surface area contributed by atoms with E-state index in [2.05, 4.69) is 31.1 Å². The summed E-state index contributed by atoms with van der Waals surface area (Å²) in [7, 11) is 2.34. The van der Waals surface area contributed by atoms with Crippen LogP contribution in [-0.2, 0) is 0 Å². The highest BCUT2D eigenvalue weighted by atomic mass is 35.5. The Balaban J connectivity index is 1.80. The first-order chi connectivity index (χ1) is 11.0. The van der Waals surface area contributed by atoms with Crippen molar-refractivity contribution in [3.8, 4) is 0 Å². The summed E-state index contributed by atoms with van der Waals surface area (Å²) in [5, 5.41) is 4.78. The van der Waals surface area contributed by atoms with Crippen molar-refractivity contribution >= 4 is 34.6 Å². The number of rotatable bonds is 5. The van der Waals surface area contributed by atoms with Crippen molar-refractivity contribution < 1.29 is 4.90 Å². The van der Waals surface area contributed by atoms with Gasteiger partial charge in [0.15, 0.2) is 5.11 Å². The minimum absolute atomic E-state index is 0.711. The second-order valence-corrected chi connectivity index (χ2v) is 7.74. The lowest BCUT2D eigenvalue weighted by molar-refractivity contribution is -0.907. The van der Waals surface area contributed by atoms with Crippen molar-refractivity contribution in [2.45, 2.75) is 39.2 Å². The van der Waals surface area contributed by atoms with Crippen LogP contribution in [0.25, 0.3) is 0 Å². The number of likely N-dealkylation sites (tertiary alicyclic amines) is 1. The van der Waals surface area contributed by atoms with E-state index in [4.69, 9.17) is 23.8 Å². The van der Waals surface area contributed by atoms with Gasteiger partial charge < -0.3 is 15.1 Å². The van der Waals surface area contributed by atoms with Crippen molar-refractivity contribution in [1.82, 2.24) is 4.90 Å². The SMILES string of the molecule is CC(C)CC[NH+](C)C1CCN(C(=S)Nc2ccccc2Cl)CC1. The molecular weight excluding hydrogens is 326 g/mol. The molecule has 1 heterocycles. The van der Waals surface area contributed by atoms with Crippen LogP contribution in [0.3, 0.4) is 0 Å². The molecular formula is C18H29ClN3S+. The number of nitrogens with one attached hydrogen (secondary N) is 2. The summed E-state index contributed by atoms with van der Waals surface area (Å²) in [6.07, 6.45) is 3.71. The van der Waals surface area contributed by atoms with Crippen LogP contribution in [-0.4, -0.2) is 42.7 Å². The molecule has 0 bridgehead atoms. The molecule has 0 aliphatic carbocycles. The first kappa shape index (κ1) is 18.5. The smallest absolute Gasteiger partial charge is 0.173 e. The minimum atomic E-state index is 0.711. The fourth-order valence-electron chi connectivity index (χ4n) is 3.05. The molecule has 5 heteroatoms. The molecule has 0 saturated carbocycles. The Labute approximate surface area is 151 Å².